The standard InChI is InChI=1S/C18H21ClN2/c1-5-7-8-13(6-2)17-15-11-14(19)9-10-16(15)21(4)18(17)12(3)20/h5-12H,2,20H2,1,3-4H3/b7-5-,13-8+. The Kier molecular flexibility index (Phi) is 4.71. The third kappa shape index (κ3) is 2.82. The van der Waals surface area contributed by atoms with Gasteiger partial charge in [-0.05, 0) is 37.6 Å². The summed E-state index contributed by atoms with van der Waals surface area (Å²) in [5, 5.41) is 1.83. The summed E-state index contributed by atoms with van der Waals surface area (Å²) in [5.41, 5.74) is 10.6. The normalized spacial score (nSPS) is 14.0. The number of aryl methyl sites for hydroxylation is 1. The van der Waals surface area contributed by atoms with E-state index in [9.17, 15) is 0 Å². The fourth-order valence-corrected chi connectivity index (χ4v) is 2.90. The van der Waals surface area contributed by atoms with E-state index in [-0.39, 0.29) is 6.04 Å². The predicted molar refractivity (Wildman–Crippen MR) is 93.5 cm³/mol. The van der Waals surface area contributed by atoms with Gasteiger partial charge in [-0.2, -0.15) is 0 Å². The van der Waals surface area contributed by atoms with Crippen LogP contribution in [0.1, 0.15) is 31.1 Å². The van der Waals surface area contributed by atoms with Crippen LogP contribution in [-0.2, 0) is 7.05 Å². The van der Waals surface area contributed by atoms with Gasteiger partial charge in [0, 0.05) is 40.3 Å². The molecule has 0 radical (unpaired) electrons. The second-order valence-corrected chi connectivity index (χ2v) is 5.56. The first-order chi connectivity index (χ1) is 10.0. The molecule has 0 amide bonds. The Morgan fingerprint density at radius 3 is 2.71 bits per heavy atom. The molecule has 2 nitrogen and oxygen atoms in total. The highest BCUT2D eigenvalue weighted by Gasteiger charge is 2.19. The van der Waals surface area contributed by atoms with Crippen molar-refractivity contribution in [3.63, 3.8) is 0 Å². The Bertz CT molecular complexity index is 733. The van der Waals surface area contributed by atoms with Crippen LogP contribution in [0.25, 0.3) is 16.5 Å². The van der Waals surface area contributed by atoms with E-state index in [1.807, 2.05) is 57.3 Å². The van der Waals surface area contributed by atoms with Gasteiger partial charge in [-0.3, -0.25) is 0 Å². The molecule has 1 heterocycles. The molecule has 0 bridgehead atoms. The van der Waals surface area contributed by atoms with Crippen molar-refractivity contribution in [3.8, 4) is 0 Å². The highest BCUT2D eigenvalue weighted by Crippen LogP contribution is 2.35. The van der Waals surface area contributed by atoms with Gasteiger partial charge in [0.2, 0.25) is 0 Å². The van der Waals surface area contributed by atoms with Gasteiger partial charge in [0.1, 0.15) is 0 Å². The summed E-state index contributed by atoms with van der Waals surface area (Å²) in [4.78, 5) is 0. The maximum atomic E-state index is 6.21. The van der Waals surface area contributed by atoms with Crippen LogP contribution in [0, 0.1) is 0 Å². The Hall–Kier alpha value is -1.77. The molecule has 2 rings (SSSR count). The molecule has 3 heteroatoms. The van der Waals surface area contributed by atoms with Gasteiger partial charge >= 0.3 is 0 Å². The second kappa shape index (κ2) is 6.33. The van der Waals surface area contributed by atoms with Crippen LogP contribution in [0.4, 0.5) is 0 Å². The highest BCUT2D eigenvalue weighted by molar-refractivity contribution is 6.31. The van der Waals surface area contributed by atoms with Crippen molar-refractivity contribution in [3.05, 3.63) is 65.4 Å². The van der Waals surface area contributed by atoms with Crippen LogP contribution in [0.5, 0.6) is 0 Å². The van der Waals surface area contributed by atoms with E-state index in [2.05, 4.69) is 17.2 Å². The lowest BCUT2D eigenvalue weighted by molar-refractivity contribution is 0.724. The molecule has 0 saturated heterocycles. The zero-order chi connectivity index (χ0) is 15.6. The largest absolute Gasteiger partial charge is 0.346 e. The fourth-order valence-electron chi connectivity index (χ4n) is 2.73. The molecule has 0 fully saturated rings. The quantitative estimate of drug-likeness (QED) is 0.792. The monoisotopic (exact) mass is 300 g/mol. The molecule has 1 aromatic heterocycles. The average molecular weight is 301 g/mol. The summed E-state index contributed by atoms with van der Waals surface area (Å²) in [6.07, 6.45) is 7.91. The molecule has 21 heavy (non-hydrogen) atoms. The van der Waals surface area contributed by atoms with Gasteiger partial charge in [0.25, 0.3) is 0 Å². The van der Waals surface area contributed by atoms with Gasteiger partial charge in [-0.1, -0.05) is 42.5 Å². The Labute approximate surface area is 131 Å². The molecule has 110 valence electrons. The molecule has 0 aliphatic rings. The Morgan fingerprint density at radius 1 is 1.43 bits per heavy atom. The first-order valence-electron chi connectivity index (χ1n) is 7.00. The first-order valence-corrected chi connectivity index (χ1v) is 7.38. The predicted octanol–water partition coefficient (Wildman–Crippen LogP) is 5.00. The summed E-state index contributed by atoms with van der Waals surface area (Å²) in [6.45, 7) is 7.93. The lowest BCUT2D eigenvalue weighted by Crippen LogP contribution is -2.11. The van der Waals surface area contributed by atoms with Gasteiger partial charge in [-0.15, -0.1) is 0 Å². The molecule has 1 aromatic carbocycles. The number of fused-ring (bicyclic) bond motifs is 1. The van der Waals surface area contributed by atoms with Crippen molar-refractivity contribution in [1.29, 1.82) is 0 Å². The van der Waals surface area contributed by atoms with Crippen LogP contribution in [0.15, 0.2) is 49.1 Å². The van der Waals surface area contributed by atoms with E-state index >= 15 is 0 Å². The van der Waals surface area contributed by atoms with Crippen molar-refractivity contribution in [2.75, 3.05) is 0 Å². The van der Waals surface area contributed by atoms with Crippen LogP contribution >= 0.6 is 11.6 Å². The molecule has 1 atom stereocenters. The summed E-state index contributed by atoms with van der Waals surface area (Å²) in [5.74, 6) is 0. The maximum Gasteiger partial charge on any atom is 0.0487 e. The number of aromatic nitrogens is 1. The Morgan fingerprint density at radius 2 is 2.14 bits per heavy atom. The summed E-state index contributed by atoms with van der Waals surface area (Å²) in [7, 11) is 2.04. The van der Waals surface area contributed by atoms with Gasteiger partial charge < -0.3 is 10.3 Å². The van der Waals surface area contributed by atoms with Crippen molar-refractivity contribution >= 4 is 28.1 Å². The minimum absolute atomic E-state index is 0.0786. The van der Waals surface area contributed by atoms with Crippen LogP contribution in [0.3, 0.4) is 0 Å². The van der Waals surface area contributed by atoms with E-state index in [0.29, 0.717) is 0 Å². The summed E-state index contributed by atoms with van der Waals surface area (Å²) >= 11 is 6.18. The van der Waals surface area contributed by atoms with Crippen molar-refractivity contribution < 1.29 is 0 Å². The smallest absolute Gasteiger partial charge is 0.0487 e. The Balaban J connectivity index is 2.90. The van der Waals surface area contributed by atoms with Crippen LogP contribution < -0.4 is 5.73 Å². The lowest BCUT2D eigenvalue weighted by Gasteiger charge is -2.12. The van der Waals surface area contributed by atoms with Crippen LogP contribution in [0.2, 0.25) is 5.02 Å². The third-order valence-electron chi connectivity index (χ3n) is 3.61. The number of hydrogen-bond donors (Lipinski definition) is 1. The van der Waals surface area contributed by atoms with Crippen LogP contribution in [-0.4, -0.2) is 4.57 Å². The zero-order valence-electron chi connectivity index (χ0n) is 12.7. The van der Waals surface area contributed by atoms with E-state index in [1.54, 1.807) is 0 Å². The molecule has 1 unspecified atom stereocenters. The molecule has 0 aliphatic carbocycles. The highest BCUT2D eigenvalue weighted by atomic mass is 35.5. The van der Waals surface area contributed by atoms with Gasteiger partial charge in [0.05, 0.1) is 0 Å². The van der Waals surface area contributed by atoms with Crippen molar-refractivity contribution in [2.24, 2.45) is 12.8 Å². The fraction of sp³-hybridized carbons (Fsp3) is 0.222. The topological polar surface area (TPSA) is 30.9 Å². The maximum absolute atomic E-state index is 6.21. The number of halogens is 1. The number of hydrogen-bond acceptors (Lipinski definition) is 1. The van der Waals surface area contributed by atoms with Crippen molar-refractivity contribution in [2.45, 2.75) is 19.9 Å². The molecule has 0 aliphatic heterocycles. The second-order valence-electron chi connectivity index (χ2n) is 5.12. The van der Waals surface area contributed by atoms with E-state index in [0.717, 1.165) is 32.8 Å². The number of nitrogens with zero attached hydrogens (tertiary/aromatic N) is 1. The average Bonchev–Trinajstić information content (AvgIpc) is 2.73. The number of nitrogens with two attached hydrogens (primary N) is 1. The summed E-state index contributed by atoms with van der Waals surface area (Å²) in [6, 6.07) is 5.85. The number of benzene rings is 1. The third-order valence-corrected chi connectivity index (χ3v) is 3.85. The van der Waals surface area contributed by atoms with E-state index < -0.39 is 0 Å². The molecule has 2 N–H and O–H groups in total. The van der Waals surface area contributed by atoms with E-state index in [4.69, 9.17) is 17.3 Å². The summed E-state index contributed by atoms with van der Waals surface area (Å²) < 4.78 is 2.14. The van der Waals surface area contributed by atoms with Gasteiger partial charge in [-0.25, -0.2) is 0 Å². The van der Waals surface area contributed by atoms with E-state index in [1.165, 1.54) is 0 Å². The molecule has 2 aromatic rings. The molecule has 0 spiro atoms. The number of allylic oxidation sites excluding steroid dienone is 5. The zero-order valence-corrected chi connectivity index (χ0v) is 13.5. The SMILES string of the molecule is C=C/C(=C\C=C/C)c1c(C(C)N)n(C)c2ccc(Cl)cc12. The lowest BCUT2D eigenvalue weighted by atomic mass is 9.99. The number of rotatable bonds is 4. The first kappa shape index (κ1) is 15.6. The minimum Gasteiger partial charge on any atom is -0.346 e. The molecular weight excluding hydrogens is 280 g/mol. The molecular formula is C18H21ClN2. The molecule has 0 saturated carbocycles. The van der Waals surface area contributed by atoms with Crippen molar-refractivity contribution in [1.82, 2.24) is 4.57 Å². The minimum atomic E-state index is -0.0786. The van der Waals surface area contributed by atoms with Gasteiger partial charge in [0.15, 0.2) is 0 Å².